The van der Waals surface area contributed by atoms with Crippen molar-refractivity contribution in [3.05, 3.63) is 35.9 Å². The van der Waals surface area contributed by atoms with Crippen LogP contribution in [-0.4, -0.2) is 19.6 Å². The molecule has 1 unspecified atom stereocenters. The Morgan fingerprint density at radius 1 is 1.27 bits per heavy atom. The molecule has 0 radical (unpaired) electrons. The Morgan fingerprint density at radius 2 is 1.80 bits per heavy atom. The van der Waals surface area contributed by atoms with E-state index >= 15 is 0 Å². The summed E-state index contributed by atoms with van der Waals surface area (Å²) in [6.07, 6.45) is -0.0293. The van der Waals surface area contributed by atoms with Crippen LogP contribution in [0.5, 0.6) is 0 Å². The standard InChI is InChI=1S/C9H12N2O3S/c10-9(15(11,13)14)8(12)6-7-4-2-1-3-5-7/h1-5,9H,6,10H2,(H2,11,13,14). The zero-order chi connectivity index (χ0) is 11.5. The molecule has 1 aromatic carbocycles. The van der Waals surface area contributed by atoms with Gasteiger partial charge in [0.25, 0.3) is 0 Å². The second-order valence-electron chi connectivity index (χ2n) is 3.14. The Kier molecular flexibility index (Phi) is 3.57. The quantitative estimate of drug-likeness (QED) is 0.716. The van der Waals surface area contributed by atoms with Crippen molar-refractivity contribution in [2.45, 2.75) is 11.8 Å². The minimum Gasteiger partial charge on any atom is -0.308 e. The van der Waals surface area contributed by atoms with Gasteiger partial charge in [0, 0.05) is 6.42 Å². The lowest BCUT2D eigenvalue weighted by molar-refractivity contribution is -0.118. The number of benzene rings is 1. The van der Waals surface area contributed by atoms with E-state index in [4.69, 9.17) is 10.9 Å². The average Bonchev–Trinajstić information content (AvgIpc) is 2.16. The molecular weight excluding hydrogens is 216 g/mol. The van der Waals surface area contributed by atoms with E-state index in [0.717, 1.165) is 0 Å². The molecule has 0 heterocycles. The van der Waals surface area contributed by atoms with Crippen LogP contribution in [0.2, 0.25) is 0 Å². The second-order valence-corrected chi connectivity index (χ2v) is 4.82. The molecule has 0 amide bonds. The van der Waals surface area contributed by atoms with E-state index in [1.807, 2.05) is 0 Å². The molecule has 15 heavy (non-hydrogen) atoms. The van der Waals surface area contributed by atoms with Crippen molar-refractivity contribution in [2.24, 2.45) is 10.9 Å². The van der Waals surface area contributed by atoms with Crippen LogP contribution in [0, 0.1) is 0 Å². The lowest BCUT2D eigenvalue weighted by Crippen LogP contribution is -2.43. The summed E-state index contributed by atoms with van der Waals surface area (Å²) in [4.78, 5) is 11.4. The van der Waals surface area contributed by atoms with Crippen LogP contribution in [-0.2, 0) is 21.2 Å². The summed E-state index contributed by atoms with van der Waals surface area (Å²) in [6.45, 7) is 0. The van der Waals surface area contributed by atoms with E-state index in [9.17, 15) is 13.2 Å². The number of nitrogens with two attached hydrogens (primary N) is 2. The number of carbonyl (C=O) groups excluding carboxylic acids is 1. The summed E-state index contributed by atoms with van der Waals surface area (Å²) in [5.74, 6) is -0.608. The van der Waals surface area contributed by atoms with E-state index in [2.05, 4.69) is 0 Å². The first-order valence-electron chi connectivity index (χ1n) is 4.25. The lowest BCUT2D eigenvalue weighted by atomic mass is 10.1. The monoisotopic (exact) mass is 228 g/mol. The van der Waals surface area contributed by atoms with Gasteiger partial charge in [-0.1, -0.05) is 30.3 Å². The minimum absolute atomic E-state index is 0.0293. The van der Waals surface area contributed by atoms with Gasteiger partial charge in [-0.2, -0.15) is 0 Å². The van der Waals surface area contributed by atoms with Crippen molar-refractivity contribution in [1.82, 2.24) is 0 Å². The molecule has 1 rings (SSSR count). The molecule has 0 spiro atoms. The van der Waals surface area contributed by atoms with Crippen LogP contribution in [0.4, 0.5) is 0 Å². The molecule has 1 aromatic rings. The lowest BCUT2D eigenvalue weighted by Gasteiger charge is -2.07. The maximum Gasteiger partial charge on any atom is 0.232 e. The molecule has 0 aromatic heterocycles. The van der Waals surface area contributed by atoms with E-state index in [1.54, 1.807) is 30.3 Å². The molecule has 0 aliphatic heterocycles. The van der Waals surface area contributed by atoms with Gasteiger partial charge in [-0.05, 0) is 5.56 Å². The molecule has 4 N–H and O–H groups in total. The predicted octanol–water partition coefficient (Wildman–Crippen LogP) is -0.629. The van der Waals surface area contributed by atoms with Gasteiger partial charge in [0.15, 0.2) is 11.2 Å². The van der Waals surface area contributed by atoms with E-state index in [-0.39, 0.29) is 6.42 Å². The third-order valence-electron chi connectivity index (χ3n) is 1.89. The highest BCUT2D eigenvalue weighted by atomic mass is 32.2. The van der Waals surface area contributed by atoms with Crippen molar-refractivity contribution in [3.63, 3.8) is 0 Å². The summed E-state index contributed by atoms with van der Waals surface area (Å²) >= 11 is 0. The fourth-order valence-corrected chi connectivity index (χ4v) is 1.53. The molecule has 5 nitrogen and oxygen atoms in total. The molecule has 0 saturated carbocycles. The topological polar surface area (TPSA) is 103 Å². The zero-order valence-corrected chi connectivity index (χ0v) is 8.78. The number of rotatable bonds is 4. The molecule has 1 atom stereocenters. The van der Waals surface area contributed by atoms with E-state index in [0.29, 0.717) is 5.56 Å². The van der Waals surface area contributed by atoms with Crippen LogP contribution in [0.3, 0.4) is 0 Å². The number of hydrogen-bond donors (Lipinski definition) is 2. The van der Waals surface area contributed by atoms with Crippen molar-refractivity contribution in [1.29, 1.82) is 0 Å². The molecule has 0 saturated heterocycles. The van der Waals surface area contributed by atoms with E-state index < -0.39 is 21.2 Å². The van der Waals surface area contributed by atoms with Gasteiger partial charge in [0.1, 0.15) is 0 Å². The third-order valence-corrected chi connectivity index (χ3v) is 2.86. The van der Waals surface area contributed by atoms with Gasteiger partial charge in [-0.25, -0.2) is 13.6 Å². The number of carbonyl (C=O) groups is 1. The van der Waals surface area contributed by atoms with Gasteiger partial charge < -0.3 is 5.73 Å². The highest BCUT2D eigenvalue weighted by Crippen LogP contribution is 2.02. The first-order valence-corrected chi connectivity index (χ1v) is 5.86. The van der Waals surface area contributed by atoms with Gasteiger partial charge in [0.05, 0.1) is 0 Å². The molecule has 0 aliphatic carbocycles. The van der Waals surface area contributed by atoms with Crippen molar-refractivity contribution < 1.29 is 13.2 Å². The van der Waals surface area contributed by atoms with Gasteiger partial charge in [-0.3, -0.25) is 4.79 Å². The van der Waals surface area contributed by atoms with Crippen molar-refractivity contribution in [2.75, 3.05) is 0 Å². The third kappa shape index (κ3) is 3.43. The summed E-state index contributed by atoms with van der Waals surface area (Å²) in [7, 11) is -3.99. The molecule has 82 valence electrons. The predicted molar refractivity (Wildman–Crippen MR) is 56.2 cm³/mol. The molecular formula is C9H12N2O3S. The maximum atomic E-state index is 11.4. The summed E-state index contributed by atoms with van der Waals surface area (Å²) < 4.78 is 21.6. The Hall–Kier alpha value is -1.24. The van der Waals surface area contributed by atoms with Crippen LogP contribution in [0.15, 0.2) is 30.3 Å². The number of ketones is 1. The molecule has 0 fully saturated rings. The van der Waals surface area contributed by atoms with Crippen LogP contribution in [0.25, 0.3) is 0 Å². The molecule has 0 bridgehead atoms. The number of primary sulfonamides is 1. The second kappa shape index (κ2) is 4.52. The summed E-state index contributed by atoms with van der Waals surface area (Å²) in [5.41, 5.74) is 5.89. The number of sulfonamides is 1. The first kappa shape index (κ1) is 11.8. The molecule has 6 heteroatoms. The van der Waals surface area contributed by atoms with Crippen molar-refractivity contribution in [3.8, 4) is 0 Å². The zero-order valence-electron chi connectivity index (χ0n) is 7.96. The highest BCUT2D eigenvalue weighted by Gasteiger charge is 2.24. The Balaban J connectivity index is 2.73. The average molecular weight is 228 g/mol. The van der Waals surface area contributed by atoms with Gasteiger partial charge in [0.2, 0.25) is 10.0 Å². The number of hydrogen-bond acceptors (Lipinski definition) is 4. The highest BCUT2D eigenvalue weighted by molar-refractivity contribution is 7.90. The fraction of sp³-hybridized carbons (Fsp3) is 0.222. The van der Waals surface area contributed by atoms with Crippen molar-refractivity contribution >= 4 is 15.8 Å². The Labute approximate surface area is 88.1 Å². The Bertz CT molecular complexity index is 442. The maximum absolute atomic E-state index is 11.4. The normalized spacial score (nSPS) is 13.5. The first-order chi connectivity index (χ1) is 6.91. The summed E-state index contributed by atoms with van der Waals surface area (Å²) in [5, 5.41) is 3.12. The summed E-state index contributed by atoms with van der Waals surface area (Å²) in [6, 6.07) is 8.74. The molecule has 0 aliphatic rings. The largest absolute Gasteiger partial charge is 0.308 e. The Morgan fingerprint density at radius 3 is 2.27 bits per heavy atom. The van der Waals surface area contributed by atoms with Crippen LogP contribution >= 0.6 is 0 Å². The van der Waals surface area contributed by atoms with Crippen LogP contribution < -0.4 is 10.9 Å². The number of Topliss-reactive ketones (excluding diaryl/α,β-unsaturated/α-hetero) is 1. The SMILES string of the molecule is NC(C(=O)Cc1ccccc1)S(N)(=O)=O. The smallest absolute Gasteiger partial charge is 0.232 e. The van der Waals surface area contributed by atoms with Gasteiger partial charge >= 0.3 is 0 Å². The van der Waals surface area contributed by atoms with E-state index in [1.165, 1.54) is 0 Å². The minimum atomic E-state index is -3.99. The van der Waals surface area contributed by atoms with Crippen LogP contribution in [0.1, 0.15) is 5.56 Å². The van der Waals surface area contributed by atoms with Gasteiger partial charge in [-0.15, -0.1) is 0 Å². The fourth-order valence-electron chi connectivity index (χ4n) is 1.08.